The number of benzene rings is 2. The van der Waals surface area contributed by atoms with Gasteiger partial charge in [-0.3, -0.25) is 0 Å². The lowest BCUT2D eigenvalue weighted by Gasteiger charge is -2.37. The zero-order chi connectivity index (χ0) is 19.4. The van der Waals surface area contributed by atoms with Crippen LogP contribution in [0.15, 0.2) is 30.3 Å². The maximum Gasteiger partial charge on any atom is 0.407 e. The second kappa shape index (κ2) is 6.85. The van der Waals surface area contributed by atoms with E-state index in [1.807, 2.05) is 12.1 Å². The van der Waals surface area contributed by atoms with Gasteiger partial charge in [-0.15, -0.1) is 0 Å². The largest absolute Gasteiger partial charge is 0.465 e. The summed E-state index contributed by atoms with van der Waals surface area (Å²) in [5.74, 6) is 0.225. The molecule has 1 N–H and O–H groups in total. The summed E-state index contributed by atoms with van der Waals surface area (Å²) in [6.45, 7) is 2.25. The van der Waals surface area contributed by atoms with Crippen molar-refractivity contribution in [3.05, 3.63) is 51.5 Å². The average Bonchev–Trinajstić information content (AvgIpc) is 2.82. The van der Waals surface area contributed by atoms with Gasteiger partial charge in [0.05, 0.1) is 0 Å². The number of carbonyl (C=O) groups is 1. The van der Waals surface area contributed by atoms with Crippen molar-refractivity contribution in [3.8, 4) is 11.1 Å². The average molecular weight is 417 g/mol. The van der Waals surface area contributed by atoms with Crippen molar-refractivity contribution in [1.29, 1.82) is 0 Å². The van der Waals surface area contributed by atoms with Crippen molar-refractivity contribution in [2.24, 2.45) is 0 Å². The quantitative estimate of drug-likeness (QED) is 0.652. The topological polar surface area (TPSA) is 43.8 Å². The van der Waals surface area contributed by atoms with Crippen molar-refractivity contribution < 1.29 is 9.90 Å². The van der Waals surface area contributed by atoms with Crippen LogP contribution in [0.5, 0.6) is 0 Å². The van der Waals surface area contributed by atoms with Gasteiger partial charge in [-0.25, -0.2) is 4.79 Å². The summed E-state index contributed by atoms with van der Waals surface area (Å²) in [4.78, 5) is 15.7. The lowest BCUT2D eigenvalue weighted by Crippen LogP contribution is -2.48. The van der Waals surface area contributed by atoms with Crippen LogP contribution in [0.1, 0.15) is 36.3 Å². The Bertz CT molecular complexity index is 962. The van der Waals surface area contributed by atoms with Crippen molar-refractivity contribution in [2.75, 3.05) is 24.5 Å². The first kappa shape index (κ1) is 18.1. The van der Waals surface area contributed by atoms with E-state index in [0.29, 0.717) is 29.2 Å². The summed E-state index contributed by atoms with van der Waals surface area (Å²) < 4.78 is 0. The number of anilines is 1. The summed E-state index contributed by atoms with van der Waals surface area (Å²) >= 11 is 12.6. The van der Waals surface area contributed by atoms with Gasteiger partial charge in [0.25, 0.3) is 0 Å². The molecule has 4 nitrogen and oxygen atoms in total. The molecular formula is C22H22Cl2N2O2. The molecule has 28 heavy (non-hydrogen) atoms. The lowest BCUT2D eigenvalue weighted by atomic mass is 9.86. The second-order valence-electron chi connectivity index (χ2n) is 8.04. The van der Waals surface area contributed by atoms with Crippen LogP contribution in [-0.2, 0) is 6.42 Å². The number of carboxylic acid groups (broad SMARTS) is 1. The molecule has 146 valence electrons. The maximum absolute atomic E-state index is 11.6. The lowest BCUT2D eigenvalue weighted by molar-refractivity contribution is 0.127. The van der Waals surface area contributed by atoms with E-state index >= 15 is 0 Å². The van der Waals surface area contributed by atoms with Gasteiger partial charge in [0.1, 0.15) is 0 Å². The predicted molar refractivity (Wildman–Crippen MR) is 113 cm³/mol. The van der Waals surface area contributed by atoms with E-state index in [2.05, 4.69) is 17.0 Å². The highest BCUT2D eigenvalue weighted by Gasteiger charge is 2.44. The Morgan fingerprint density at radius 2 is 1.96 bits per heavy atom. The number of hydrogen-bond acceptors (Lipinski definition) is 2. The van der Waals surface area contributed by atoms with Crippen molar-refractivity contribution in [1.82, 2.24) is 4.90 Å². The Labute approximate surface area is 174 Å². The van der Waals surface area contributed by atoms with E-state index in [1.54, 1.807) is 11.0 Å². The molecule has 0 saturated carbocycles. The molecule has 3 aliphatic heterocycles. The molecule has 1 fully saturated rings. The summed E-state index contributed by atoms with van der Waals surface area (Å²) in [5, 5.41) is 10.8. The molecule has 0 radical (unpaired) electrons. The summed E-state index contributed by atoms with van der Waals surface area (Å²) in [7, 11) is 0. The molecule has 0 bridgehead atoms. The first-order chi connectivity index (χ1) is 13.5. The normalized spacial score (nSPS) is 23.2. The van der Waals surface area contributed by atoms with Gasteiger partial charge in [-0.2, -0.15) is 0 Å². The number of amides is 1. The van der Waals surface area contributed by atoms with E-state index in [0.717, 1.165) is 30.5 Å². The first-order valence-electron chi connectivity index (χ1n) is 9.89. The van der Waals surface area contributed by atoms with E-state index in [4.69, 9.17) is 23.2 Å². The van der Waals surface area contributed by atoms with Gasteiger partial charge >= 0.3 is 6.09 Å². The molecule has 3 aliphatic rings. The molecule has 3 heterocycles. The number of aryl methyl sites for hydroxylation is 1. The fourth-order valence-electron chi connectivity index (χ4n) is 5.25. The van der Waals surface area contributed by atoms with E-state index < -0.39 is 6.09 Å². The Morgan fingerprint density at radius 3 is 2.75 bits per heavy atom. The van der Waals surface area contributed by atoms with E-state index in [1.165, 1.54) is 29.7 Å². The summed E-state index contributed by atoms with van der Waals surface area (Å²) in [5.41, 5.74) is 6.10. The third-order valence-electron chi connectivity index (χ3n) is 6.49. The number of piperidine rings is 1. The number of fused-ring (bicyclic) bond motifs is 3. The maximum atomic E-state index is 11.6. The highest BCUT2D eigenvalue weighted by molar-refractivity contribution is 6.36. The van der Waals surface area contributed by atoms with Gasteiger partial charge in [-0.05, 0) is 66.6 Å². The Kier molecular flexibility index (Phi) is 4.44. The van der Waals surface area contributed by atoms with Crippen LogP contribution in [0.3, 0.4) is 0 Å². The van der Waals surface area contributed by atoms with Crippen molar-refractivity contribution in [2.45, 2.75) is 37.6 Å². The van der Waals surface area contributed by atoms with Gasteiger partial charge in [0, 0.05) is 52.9 Å². The van der Waals surface area contributed by atoms with Crippen LogP contribution in [-0.4, -0.2) is 41.8 Å². The van der Waals surface area contributed by atoms with Crippen LogP contribution in [0.4, 0.5) is 10.5 Å². The molecule has 0 spiro atoms. The van der Waals surface area contributed by atoms with Crippen LogP contribution in [0, 0.1) is 0 Å². The van der Waals surface area contributed by atoms with Crippen molar-refractivity contribution >= 4 is 35.0 Å². The molecule has 2 aromatic rings. The molecule has 6 heteroatoms. The third-order valence-corrected chi connectivity index (χ3v) is 7.04. The minimum atomic E-state index is -0.817. The van der Waals surface area contributed by atoms with Gasteiger partial charge in [0.15, 0.2) is 0 Å². The minimum Gasteiger partial charge on any atom is -0.465 e. The zero-order valence-corrected chi connectivity index (χ0v) is 17.0. The highest BCUT2D eigenvalue weighted by atomic mass is 35.5. The molecule has 1 saturated heterocycles. The summed E-state index contributed by atoms with van der Waals surface area (Å²) in [6, 6.07) is 10.5. The minimum absolute atomic E-state index is 0.225. The number of halogens is 2. The Morgan fingerprint density at radius 1 is 1.11 bits per heavy atom. The second-order valence-corrected chi connectivity index (χ2v) is 8.88. The van der Waals surface area contributed by atoms with Crippen molar-refractivity contribution in [3.63, 3.8) is 0 Å². The van der Waals surface area contributed by atoms with E-state index in [9.17, 15) is 9.90 Å². The molecule has 0 aliphatic carbocycles. The van der Waals surface area contributed by atoms with Crippen LogP contribution in [0.2, 0.25) is 10.0 Å². The summed E-state index contributed by atoms with van der Waals surface area (Å²) in [6.07, 6.45) is 3.49. The van der Waals surface area contributed by atoms with Gasteiger partial charge in [-0.1, -0.05) is 29.3 Å². The smallest absolute Gasteiger partial charge is 0.407 e. The number of nitrogens with zero attached hydrogens (tertiary/aromatic N) is 2. The Balaban J connectivity index is 1.65. The number of hydrogen-bond donors (Lipinski definition) is 1. The molecule has 0 aromatic heterocycles. The molecule has 5 rings (SSSR count). The monoisotopic (exact) mass is 416 g/mol. The standard InChI is InChI=1S/C22H22Cl2N2O2/c23-15-4-5-16(19(24)11-15)14-9-13-3-1-2-7-26-20-6-8-25(22(27)28)12-18(20)17(10-14)21(13)26/h4-5,9-11,18,20H,1-3,6-8,12H2,(H,27,28)/t18-,20-/m0/s1. The van der Waals surface area contributed by atoms with Crippen LogP contribution >= 0.6 is 23.2 Å². The molecule has 2 aromatic carbocycles. The zero-order valence-electron chi connectivity index (χ0n) is 15.5. The fraction of sp³-hybridized carbons (Fsp3) is 0.409. The van der Waals surface area contributed by atoms with Crippen LogP contribution in [0.25, 0.3) is 11.1 Å². The number of rotatable bonds is 1. The third kappa shape index (κ3) is 2.85. The molecule has 2 atom stereocenters. The fourth-order valence-corrected chi connectivity index (χ4v) is 5.77. The van der Waals surface area contributed by atoms with E-state index in [-0.39, 0.29) is 5.92 Å². The van der Waals surface area contributed by atoms with Gasteiger partial charge < -0.3 is 14.9 Å². The number of likely N-dealkylation sites (tertiary alicyclic amines) is 1. The molecular weight excluding hydrogens is 395 g/mol. The van der Waals surface area contributed by atoms with Gasteiger partial charge in [0.2, 0.25) is 0 Å². The Hall–Kier alpha value is -1.91. The predicted octanol–water partition coefficient (Wildman–Crippen LogP) is 5.65. The van der Waals surface area contributed by atoms with Crippen LogP contribution < -0.4 is 4.90 Å². The SMILES string of the molecule is O=C(O)N1CC[C@H]2[C@@H](C1)c1cc(-c3ccc(Cl)cc3Cl)cc3c1N2CCCC3. The highest BCUT2D eigenvalue weighted by Crippen LogP contribution is 2.50. The molecule has 1 amide bonds. The first-order valence-corrected chi connectivity index (χ1v) is 10.7. The molecule has 0 unspecified atom stereocenters.